The van der Waals surface area contributed by atoms with Crippen LogP contribution in [-0.2, 0) is 16.1 Å². The molecular weight excluding hydrogens is 460 g/mol. The van der Waals surface area contributed by atoms with Gasteiger partial charge in [0.05, 0.1) is 30.5 Å². The van der Waals surface area contributed by atoms with Crippen LogP contribution in [0.4, 0.5) is 0 Å². The Balaban J connectivity index is 1.77. The lowest BCUT2D eigenvalue weighted by molar-refractivity contribution is -0.142. The molecule has 2 heterocycles. The normalized spacial score (nSPS) is 12.1. The van der Waals surface area contributed by atoms with Crippen LogP contribution in [0.25, 0.3) is 15.9 Å². The Labute approximate surface area is 199 Å². The molecule has 10 heteroatoms. The Morgan fingerprint density at radius 3 is 2.58 bits per heavy atom. The molecule has 0 spiro atoms. The largest absolute Gasteiger partial charge is 0.497 e. The SMILES string of the molecule is CCOC(=O)C(CC)Sc1nnc(Cn2c(=O)sc3ccccc32)n1-c1ccc(OC)cc1. The highest BCUT2D eigenvalue weighted by Gasteiger charge is 2.25. The van der Waals surface area contributed by atoms with Crippen molar-refractivity contribution in [3.63, 3.8) is 0 Å². The zero-order chi connectivity index (χ0) is 23.4. The van der Waals surface area contributed by atoms with Crippen LogP contribution in [0, 0.1) is 0 Å². The summed E-state index contributed by atoms with van der Waals surface area (Å²) in [5, 5.41) is 8.93. The molecule has 0 bridgehead atoms. The third kappa shape index (κ3) is 4.81. The summed E-state index contributed by atoms with van der Waals surface area (Å²) in [6.07, 6.45) is 0.586. The van der Waals surface area contributed by atoms with Crippen molar-refractivity contribution in [2.75, 3.05) is 13.7 Å². The van der Waals surface area contributed by atoms with Gasteiger partial charge >= 0.3 is 10.8 Å². The minimum atomic E-state index is -0.413. The second-order valence-corrected chi connectivity index (χ2v) is 9.28. The molecular formula is C23H24N4O4S2. The number of fused-ring (bicyclic) bond motifs is 1. The van der Waals surface area contributed by atoms with Crippen molar-refractivity contribution in [3.05, 3.63) is 64.0 Å². The standard InChI is InChI=1S/C23H24N4O4S2/c1-4-18(21(28)31-5-2)32-22-25-24-20(27(22)15-10-12-16(30-3)13-11-15)14-26-17-8-6-7-9-19(17)33-23(26)29/h6-13,18H,4-5,14H2,1-3H3. The van der Waals surface area contributed by atoms with Gasteiger partial charge in [-0.1, -0.05) is 42.2 Å². The van der Waals surface area contributed by atoms with Crippen molar-refractivity contribution in [3.8, 4) is 11.4 Å². The number of para-hydroxylation sites is 1. The highest BCUT2D eigenvalue weighted by atomic mass is 32.2. The molecule has 4 rings (SSSR count). The van der Waals surface area contributed by atoms with Gasteiger partial charge in [-0.15, -0.1) is 10.2 Å². The van der Waals surface area contributed by atoms with Crippen LogP contribution >= 0.6 is 23.1 Å². The van der Waals surface area contributed by atoms with Gasteiger partial charge in [-0.3, -0.25) is 18.7 Å². The highest BCUT2D eigenvalue weighted by Crippen LogP contribution is 2.29. The number of thioether (sulfide) groups is 1. The van der Waals surface area contributed by atoms with Crippen molar-refractivity contribution in [2.45, 2.75) is 37.2 Å². The minimum absolute atomic E-state index is 0.0624. The summed E-state index contributed by atoms with van der Waals surface area (Å²) in [6.45, 7) is 4.29. The van der Waals surface area contributed by atoms with Crippen LogP contribution in [0.1, 0.15) is 26.1 Å². The lowest BCUT2D eigenvalue weighted by Gasteiger charge is -2.15. The van der Waals surface area contributed by atoms with E-state index < -0.39 is 5.25 Å². The van der Waals surface area contributed by atoms with Gasteiger partial charge in [0.2, 0.25) is 0 Å². The maximum atomic E-state index is 12.7. The van der Waals surface area contributed by atoms with Crippen LogP contribution in [0.15, 0.2) is 58.5 Å². The monoisotopic (exact) mass is 484 g/mol. The molecule has 2 aromatic carbocycles. The maximum absolute atomic E-state index is 12.7. The van der Waals surface area contributed by atoms with E-state index in [1.54, 1.807) is 18.6 Å². The molecule has 0 aliphatic rings. The summed E-state index contributed by atoms with van der Waals surface area (Å²) >= 11 is 2.51. The second-order valence-electron chi connectivity index (χ2n) is 7.12. The summed E-state index contributed by atoms with van der Waals surface area (Å²) in [5.41, 5.74) is 1.66. The molecule has 0 aliphatic carbocycles. The van der Waals surface area contributed by atoms with E-state index in [1.165, 1.54) is 23.1 Å². The first-order chi connectivity index (χ1) is 16.0. The third-order valence-corrected chi connectivity index (χ3v) is 7.32. The number of rotatable bonds is 9. The second kappa shape index (κ2) is 10.2. The molecule has 2 aromatic heterocycles. The van der Waals surface area contributed by atoms with E-state index in [0.717, 1.165) is 21.7 Å². The van der Waals surface area contributed by atoms with Crippen molar-refractivity contribution in [2.24, 2.45) is 0 Å². The fraction of sp³-hybridized carbons (Fsp3) is 0.304. The predicted octanol–water partition coefficient (Wildman–Crippen LogP) is 4.13. The Kier molecular flexibility index (Phi) is 7.14. The van der Waals surface area contributed by atoms with E-state index in [9.17, 15) is 9.59 Å². The topological polar surface area (TPSA) is 88.2 Å². The molecule has 0 radical (unpaired) electrons. The first-order valence-electron chi connectivity index (χ1n) is 10.6. The number of carbonyl (C=O) groups is 1. The van der Waals surface area contributed by atoms with Gasteiger partial charge in [-0.05, 0) is 49.7 Å². The number of ether oxygens (including phenoxy) is 2. The number of hydrogen-bond acceptors (Lipinski definition) is 8. The fourth-order valence-electron chi connectivity index (χ4n) is 3.44. The third-order valence-electron chi connectivity index (χ3n) is 5.07. The van der Waals surface area contributed by atoms with Gasteiger partial charge in [0.25, 0.3) is 0 Å². The number of thiazole rings is 1. The van der Waals surface area contributed by atoms with Gasteiger partial charge < -0.3 is 9.47 Å². The van der Waals surface area contributed by atoms with E-state index in [0.29, 0.717) is 24.0 Å². The summed E-state index contributed by atoms with van der Waals surface area (Å²) in [4.78, 5) is 25.0. The number of aromatic nitrogens is 4. The molecule has 0 saturated heterocycles. The zero-order valence-corrected chi connectivity index (χ0v) is 20.2. The van der Waals surface area contributed by atoms with Gasteiger partial charge in [0.1, 0.15) is 11.0 Å². The molecule has 0 aliphatic heterocycles. The molecule has 0 fully saturated rings. The average molecular weight is 485 g/mol. The van der Waals surface area contributed by atoms with Gasteiger partial charge in [0.15, 0.2) is 11.0 Å². The summed E-state index contributed by atoms with van der Waals surface area (Å²) in [6, 6.07) is 15.2. The van der Waals surface area contributed by atoms with Gasteiger partial charge in [-0.2, -0.15) is 0 Å². The van der Waals surface area contributed by atoms with E-state index in [-0.39, 0.29) is 17.4 Å². The Hall–Kier alpha value is -3.11. The Bertz CT molecular complexity index is 1310. The van der Waals surface area contributed by atoms with Crippen LogP contribution in [0.5, 0.6) is 5.75 Å². The molecule has 4 aromatic rings. The van der Waals surface area contributed by atoms with Crippen molar-refractivity contribution >= 4 is 39.3 Å². The van der Waals surface area contributed by atoms with Crippen LogP contribution in [0.2, 0.25) is 0 Å². The molecule has 0 N–H and O–H groups in total. The zero-order valence-electron chi connectivity index (χ0n) is 18.6. The molecule has 0 saturated carbocycles. The Morgan fingerprint density at radius 2 is 1.88 bits per heavy atom. The average Bonchev–Trinajstić information content (AvgIpc) is 3.38. The molecule has 33 heavy (non-hydrogen) atoms. The first-order valence-corrected chi connectivity index (χ1v) is 12.3. The number of methoxy groups -OCH3 is 1. The van der Waals surface area contributed by atoms with Crippen LogP contribution in [-0.4, -0.2) is 44.3 Å². The summed E-state index contributed by atoms with van der Waals surface area (Å²) in [5.74, 6) is 1.03. The molecule has 8 nitrogen and oxygen atoms in total. The number of esters is 1. The molecule has 172 valence electrons. The van der Waals surface area contributed by atoms with Gasteiger partial charge in [0, 0.05) is 5.69 Å². The molecule has 0 amide bonds. The smallest absolute Gasteiger partial charge is 0.319 e. The minimum Gasteiger partial charge on any atom is -0.497 e. The number of hydrogen-bond donors (Lipinski definition) is 0. The fourth-order valence-corrected chi connectivity index (χ4v) is 5.32. The quantitative estimate of drug-likeness (QED) is 0.261. The van der Waals surface area contributed by atoms with Crippen LogP contribution in [0.3, 0.4) is 0 Å². The lowest BCUT2D eigenvalue weighted by atomic mass is 10.3. The summed E-state index contributed by atoms with van der Waals surface area (Å²) in [7, 11) is 1.61. The number of nitrogens with zero attached hydrogens (tertiary/aromatic N) is 4. The first kappa shape index (κ1) is 23.1. The summed E-state index contributed by atoms with van der Waals surface area (Å²) < 4.78 is 15.0. The van der Waals surface area contributed by atoms with E-state index in [1.807, 2.05) is 60.0 Å². The Morgan fingerprint density at radius 1 is 1.12 bits per heavy atom. The number of benzene rings is 2. The van der Waals surface area contributed by atoms with Crippen molar-refractivity contribution in [1.29, 1.82) is 0 Å². The van der Waals surface area contributed by atoms with Crippen LogP contribution < -0.4 is 9.61 Å². The maximum Gasteiger partial charge on any atom is 0.319 e. The molecule has 1 unspecified atom stereocenters. The highest BCUT2D eigenvalue weighted by molar-refractivity contribution is 8.00. The predicted molar refractivity (Wildman–Crippen MR) is 130 cm³/mol. The van der Waals surface area contributed by atoms with Crippen molar-refractivity contribution < 1.29 is 14.3 Å². The lowest BCUT2D eigenvalue weighted by Crippen LogP contribution is -2.20. The number of carbonyl (C=O) groups excluding carboxylic acids is 1. The van der Waals surface area contributed by atoms with Crippen molar-refractivity contribution in [1.82, 2.24) is 19.3 Å². The van der Waals surface area contributed by atoms with Gasteiger partial charge in [-0.25, -0.2) is 0 Å². The van der Waals surface area contributed by atoms with E-state index in [4.69, 9.17) is 9.47 Å². The van der Waals surface area contributed by atoms with E-state index in [2.05, 4.69) is 10.2 Å². The molecule has 1 atom stereocenters. The van der Waals surface area contributed by atoms with E-state index >= 15 is 0 Å².